The lowest BCUT2D eigenvalue weighted by molar-refractivity contribution is 0.00563. The summed E-state index contributed by atoms with van der Waals surface area (Å²) in [6, 6.07) is -0.171. The number of methoxy groups -OCH3 is 1. The zero-order valence-corrected chi connectivity index (χ0v) is 6.92. The summed E-state index contributed by atoms with van der Waals surface area (Å²) in [6.07, 6.45) is 0.681. The molecule has 10 heavy (non-hydrogen) atoms. The van der Waals surface area contributed by atoms with Gasteiger partial charge in [0.05, 0.1) is 12.2 Å². The zero-order chi connectivity index (χ0) is 8.20. The van der Waals surface area contributed by atoms with Crippen molar-refractivity contribution in [3.63, 3.8) is 0 Å². The predicted molar refractivity (Wildman–Crippen MR) is 40.8 cm³/mol. The first-order valence-electron chi connectivity index (χ1n) is 3.43. The maximum absolute atomic E-state index is 8.61. The van der Waals surface area contributed by atoms with Crippen molar-refractivity contribution < 1.29 is 9.84 Å². The first-order valence-corrected chi connectivity index (χ1v) is 3.43. The second kappa shape index (κ2) is 3.91. The summed E-state index contributed by atoms with van der Waals surface area (Å²) < 4.78 is 5.12. The second-order valence-electron chi connectivity index (χ2n) is 3.11. The molecule has 0 aliphatic heterocycles. The highest BCUT2D eigenvalue weighted by Crippen LogP contribution is 2.13. The zero-order valence-electron chi connectivity index (χ0n) is 6.92. The molecule has 0 aliphatic carbocycles. The summed E-state index contributed by atoms with van der Waals surface area (Å²) in [5.74, 6) is 0. The molecule has 0 spiro atoms. The SMILES string of the molecule is COC(C)(C)C[C@@H](N)CO. The average molecular weight is 147 g/mol. The van der Waals surface area contributed by atoms with Gasteiger partial charge in [-0.3, -0.25) is 0 Å². The highest BCUT2D eigenvalue weighted by Gasteiger charge is 2.19. The van der Waals surface area contributed by atoms with E-state index in [0.29, 0.717) is 6.42 Å². The highest BCUT2D eigenvalue weighted by molar-refractivity contribution is 4.74. The lowest BCUT2D eigenvalue weighted by atomic mass is 10.00. The first-order chi connectivity index (χ1) is 4.52. The van der Waals surface area contributed by atoms with E-state index in [2.05, 4.69) is 0 Å². The molecule has 0 rings (SSSR count). The van der Waals surface area contributed by atoms with Gasteiger partial charge >= 0.3 is 0 Å². The van der Waals surface area contributed by atoms with Gasteiger partial charge in [-0.2, -0.15) is 0 Å². The fraction of sp³-hybridized carbons (Fsp3) is 1.00. The number of ether oxygens (including phenoxy) is 1. The summed E-state index contributed by atoms with van der Waals surface area (Å²) in [5, 5.41) is 8.61. The van der Waals surface area contributed by atoms with Crippen molar-refractivity contribution in [1.29, 1.82) is 0 Å². The Morgan fingerprint density at radius 2 is 2.10 bits per heavy atom. The van der Waals surface area contributed by atoms with Crippen LogP contribution in [0.4, 0.5) is 0 Å². The Kier molecular flexibility index (Phi) is 3.86. The number of hydrogen-bond donors (Lipinski definition) is 2. The van der Waals surface area contributed by atoms with Crippen molar-refractivity contribution >= 4 is 0 Å². The van der Waals surface area contributed by atoms with E-state index in [4.69, 9.17) is 15.6 Å². The number of nitrogens with two attached hydrogens (primary N) is 1. The molecule has 0 unspecified atom stereocenters. The Balaban J connectivity index is 3.64. The van der Waals surface area contributed by atoms with Gasteiger partial charge in [0.15, 0.2) is 0 Å². The van der Waals surface area contributed by atoms with Crippen molar-refractivity contribution in [2.24, 2.45) is 5.73 Å². The van der Waals surface area contributed by atoms with Gasteiger partial charge in [-0.05, 0) is 20.3 Å². The van der Waals surface area contributed by atoms with Gasteiger partial charge in [-0.15, -0.1) is 0 Å². The van der Waals surface area contributed by atoms with Crippen molar-refractivity contribution in [3.8, 4) is 0 Å². The minimum atomic E-state index is -0.220. The molecule has 0 heterocycles. The molecule has 0 fully saturated rings. The molecule has 62 valence electrons. The molecule has 0 amide bonds. The van der Waals surface area contributed by atoms with Gasteiger partial charge in [0.2, 0.25) is 0 Å². The van der Waals surface area contributed by atoms with E-state index < -0.39 is 0 Å². The van der Waals surface area contributed by atoms with Crippen molar-refractivity contribution in [1.82, 2.24) is 0 Å². The van der Waals surface area contributed by atoms with Crippen LogP contribution >= 0.6 is 0 Å². The molecular formula is C7H17NO2. The molecule has 3 N–H and O–H groups in total. The van der Waals surface area contributed by atoms with Crippen molar-refractivity contribution in [3.05, 3.63) is 0 Å². The average Bonchev–Trinajstić information content (AvgIpc) is 1.87. The van der Waals surface area contributed by atoms with Crippen LogP contribution in [-0.4, -0.2) is 30.5 Å². The quantitative estimate of drug-likeness (QED) is 0.594. The first kappa shape index (κ1) is 9.88. The Hall–Kier alpha value is -0.120. The van der Waals surface area contributed by atoms with Gasteiger partial charge in [0, 0.05) is 13.2 Å². The summed E-state index contributed by atoms with van der Waals surface area (Å²) in [5.41, 5.74) is 5.28. The van der Waals surface area contributed by atoms with Crippen LogP contribution in [0.1, 0.15) is 20.3 Å². The van der Waals surface area contributed by atoms with E-state index in [1.54, 1.807) is 7.11 Å². The fourth-order valence-corrected chi connectivity index (χ4v) is 0.779. The molecule has 0 aromatic heterocycles. The van der Waals surface area contributed by atoms with E-state index in [0.717, 1.165) is 0 Å². The lowest BCUT2D eigenvalue weighted by Gasteiger charge is -2.25. The molecule has 0 aliphatic rings. The molecule has 0 bridgehead atoms. The Labute approximate surface area is 62.2 Å². The van der Waals surface area contributed by atoms with Crippen LogP contribution in [0.25, 0.3) is 0 Å². The van der Waals surface area contributed by atoms with Crippen molar-refractivity contribution in [2.45, 2.75) is 31.9 Å². The van der Waals surface area contributed by atoms with Gasteiger partial charge in [-0.1, -0.05) is 0 Å². The molecule has 1 atom stereocenters. The van der Waals surface area contributed by atoms with Crippen molar-refractivity contribution in [2.75, 3.05) is 13.7 Å². The van der Waals surface area contributed by atoms with Gasteiger partial charge in [0.1, 0.15) is 0 Å². The lowest BCUT2D eigenvalue weighted by Crippen LogP contribution is -2.35. The standard InChI is InChI=1S/C7H17NO2/c1-7(2,10-3)4-6(8)5-9/h6,9H,4-5,8H2,1-3H3/t6-/m1/s1. The van der Waals surface area contributed by atoms with Crippen LogP contribution in [0.2, 0.25) is 0 Å². The third kappa shape index (κ3) is 3.82. The van der Waals surface area contributed by atoms with Gasteiger partial charge in [0.25, 0.3) is 0 Å². The number of aliphatic hydroxyl groups is 1. The van der Waals surface area contributed by atoms with Crippen LogP contribution in [-0.2, 0) is 4.74 Å². The molecular weight excluding hydrogens is 130 g/mol. The fourth-order valence-electron chi connectivity index (χ4n) is 0.779. The maximum atomic E-state index is 8.61. The summed E-state index contributed by atoms with van der Waals surface area (Å²) in [7, 11) is 1.64. The minimum absolute atomic E-state index is 0.0206. The van der Waals surface area contributed by atoms with Gasteiger partial charge in [-0.25, -0.2) is 0 Å². The summed E-state index contributed by atoms with van der Waals surface area (Å²) >= 11 is 0. The third-order valence-corrected chi connectivity index (χ3v) is 1.54. The van der Waals surface area contributed by atoms with Gasteiger partial charge < -0.3 is 15.6 Å². The molecule has 0 radical (unpaired) electrons. The number of hydrogen-bond acceptors (Lipinski definition) is 3. The van der Waals surface area contributed by atoms with Crippen LogP contribution in [0.5, 0.6) is 0 Å². The number of rotatable bonds is 4. The van der Waals surface area contributed by atoms with Crippen LogP contribution < -0.4 is 5.73 Å². The molecule has 3 heteroatoms. The molecule has 0 aromatic carbocycles. The third-order valence-electron chi connectivity index (χ3n) is 1.54. The smallest absolute Gasteiger partial charge is 0.0638 e. The summed E-state index contributed by atoms with van der Waals surface area (Å²) in [6.45, 7) is 3.91. The normalized spacial score (nSPS) is 15.3. The van der Waals surface area contributed by atoms with E-state index in [9.17, 15) is 0 Å². The van der Waals surface area contributed by atoms with Crippen LogP contribution in [0.3, 0.4) is 0 Å². The second-order valence-corrected chi connectivity index (χ2v) is 3.11. The monoisotopic (exact) mass is 147 g/mol. The molecule has 0 saturated carbocycles. The largest absolute Gasteiger partial charge is 0.395 e. The minimum Gasteiger partial charge on any atom is -0.395 e. The molecule has 0 aromatic rings. The summed E-state index contributed by atoms with van der Waals surface area (Å²) in [4.78, 5) is 0. The highest BCUT2D eigenvalue weighted by atomic mass is 16.5. The van der Waals surface area contributed by atoms with E-state index >= 15 is 0 Å². The van der Waals surface area contributed by atoms with Crippen LogP contribution in [0, 0.1) is 0 Å². The predicted octanol–water partition coefficient (Wildman–Crippen LogP) is 0.121. The van der Waals surface area contributed by atoms with Crippen LogP contribution in [0.15, 0.2) is 0 Å². The number of aliphatic hydroxyl groups excluding tert-OH is 1. The Morgan fingerprint density at radius 3 is 2.40 bits per heavy atom. The van der Waals surface area contributed by atoms with E-state index in [1.807, 2.05) is 13.8 Å². The Morgan fingerprint density at radius 1 is 1.60 bits per heavy atom. The van der Waals surface area contributed by atoms with E-state index in [1.165, 1.54) is 0 Å². The Bertz CT molecular complexity index is 93.6. The molecule has 3 nitrogen and oxygen atoms in total. The topological polar surface area (TPSA) is 55.5 Å². The molecule has 0 saturated heterocycles. The maximum Gasteiger partial charge on any atom is 0.0638 e. The van der Waals surface area contributed by atoms with E-state index in [-0.39, 0.29) is 18.2 Å².